The third-order valence-corrected chi connectivity index (χ3v) is 5.00. The van der Waals surface area contributed by atoms with Crippen LogP contribution in [0, 0.1) is 12.8 Å². The molecule has 0 saturated carbocycles. The van der Waals surface area contributed by atoms with Crippen LogP contribution in [0.25, 0.3) is 0 Å². The quantitative estimate of drug-likeness (QED) is 0.826. The molecule has 0 bridgehead atoms. The van der Waals surface area contributed by atoms with Gasteiger partial charge >= 0.3 is 0 Å². The van der Waals surface area contributed by atoms with Crippen LogP contribution in [0.5, 0.6) is 0 Å². The highest BCUT2D eigenvalue weighted by Gasteiger charge is 2.27. The molecule has 1 amide bonds. The summed E-state index contributed by atoms with van der Waals surface area (Å²) in [6.07, 6.45) is 9.39. The Balaban J connectivity index is 1.52. The first-order chi connectivity index (χ1) is 12.7. The molecule has 6 nitrogen and oxygen atoms in total. The Bertz CT molecular complexity index is 715. The predicted octanol–water partition coefficient (Wildman–Crippen LogP) is 1.72. The van der Waals surface area contributed by atoms with Gasteiger partial charge in [-0.3, -0.25) is 14.8 Å². The summed E-state index contributed by atoms with van der Waals surface area (Å²) in [5.74, 6) is 0.0455. The van der Waals surface area contributed by atoms with E-state index in [2.05, 4.69) is 27.1 Å². The minimum atomic E-state index is -0.259. The molecule has 2 N–H and O–H groups in total. The summed E-state index contributed by atoms with van der Waals surface area (Å²) in [7, 11) is 0. The molecule has 3 rings (SSSR count). The van der Waals surface area contributed by atoms with E-state index >= 15 is 0 Å². The van der Waals surface area contributed by atoms with Crippen LogP contribution in [0.1, 0.15) is 24.0 Å². The van der Waals surface area contributed by atoms with Crippen LogP contribution in [0.3, 0.4) is 0 Å². The van der Waals surface area contributed by atoms with Crippen molar-refractivity contribution in [2.45, 2.75) is 32.2 Å². The monoisotopic (exact) mass is 354 g/mol. The van der Waals surface area contributed by atoms with E-state index in [0.29, 0.717) is 6.42 Å². The molecule has 0 aliphatic carbocycles. The third-order valence-electron chi connectivity index (χ3n) is 5.00. The number of hydrogen-bond donors (Lipinski definition) is 2. The summed E-state index contributed by atoms with van der Waals surface area (Å²) in [5.41, 5.74) is 3.42. The summed E-state index contributed by atoms with van der Waals surface area (Å²) in [5, 5.41) is 12.6. The lowest BCUT2D eigenvalue weighted by Crippen LogP contribution is -2.46. The van der Waals surface area contributed by atoms with Gasteiger partial charge in [0.15, 0.2) is 0 Å². The lowest BCUT2D eigenvalue weighted by atomic mass is 9.94. The molecule has 1 unspecified atom stereocenters. The fraction of sp³-hybridized carbons (Fsp3) is 0.450. The van der Waals surface area contributed by atoms with Gasteiger partial charge in [0.2, 0.25) is 5.91 Å². The normalized spacial score (nSPS) is 16.3. The number of carbonyl (C=O) groups is 1. The van der Waals surface area contributed by atoms with E-state index in [4.69, 9.17) is 0 Å². The topological polar surface area (TPSA) is 78.4 Å². The molecule has 26 heavy (non-hydrogen) atoms. The minimum absolute atomic E-state index is 0.000108. The summed E-state index contributed by atoms with van der Waals surface area (Å²) in [6.45, 7) is 3.71. The third kappa shape index (κ3) is 4.58. The van der Waals surface area contributed by atoms with Gasteiger partial charge in [-0.25, -0.2) is 0 Å². The van der Waals surface area contributed by atoms with Gasteiger partial charge in [0.25, 0.3) is 0 Å². The van der Waals surface area contributed by atoms with Crippen molar-refractivity contribution in [3.8, 4) is 0 Å². The summed E-state index contributed by atoms with van der Waals surface area (Å²) < 4.78 is 0. The molecule has 0 radical (unpaired) electrons. The standard InChI is InChI=1S/C20H26N4O2/c1-15-13-22-9-4-19(15)24-10-5-17(6-11-24)20(26)23-18(14-25)12-16-2-7-21-8-3-16/h2-4,7-9,13,17-18,25H,5-6,10-12,14H2,1H3,(H,23,26). The number of carbonyl (C=O) groups excluding carboxylic acids is 1. The maximum Gasteiger partial charge on any atom is 0.223 e. The van der Waals surface area contributed by atoms with Crippen molar-refractivity contribution < 1.29 is 9.90 Å². The molecule has 1 aliphatic rings. The van der Waals surface area contributed by atoms with E-state index in [-0.39, 0.29) is 24.5 Å². The molecule has 0 spiro atoms. The molecular formula is C20H26N4O2. The zero-order valence-corrected chi connectivity index (χ0v) is 15.1. The zero-order chi connectivity index (χ0) is 18.4. The highest BCUT2D eigenvalue weighted by molar-refractivity contribution is 5.79. The molecule has 6 heteroatoms. The van der Waals surface area contributed by atoms with Crippen LogP contribution < -0.4 is 10.2 Å². The van der Waals surface area contributed by atoms with Crippen molar-refractivity contribution in [2.24, 2.45) is 5.92 Å². The van der Waals surface area contributed by atoms with Crippen molar-refractivity contribution >= 4 is 11.6 Å². The van der Waals surface area contributed by atoms with Gasteiger partial charge in [-0.2, -0.15) is 0 Å². The smallest absolute Gasteiger partial charge is 0.223 e. The van der Waals surface area contributed by atoms with Crippen LogP contribution in [-0.4, -0.2) is 46.7 Å². The number of pyridine rings is 2. The predicted molar refractivity (Wildman–Crippen MR) is 101 cm³/mol. The van der Waals surface area contributed by atoms with Gasteiger partial charge < -0.3 is 15.3 Å². The minimum Gasteiger partial charge on any atom is -0.394 e. The van der Waals surface area contributed by atoms with Crippen LogP contribution in [0.15, 0.2) is 43.0 Å². The van der Waals surface area contributed by atoms with E-state index in [1.807, 2.05) is 30.6 Å². The van der Waals surface area contributed by atoms with Gasteiger partial charge in [-0.05, 0) is 55.5 Å². The van der Waals surface area contributed by atoms with Crippen LogP contribution in [-0.2, 0) is 11.2 Å². The van der Waals surface area contributed by atoms with E-state index < -0.39 is 0 Å². The van der Waals surface area contributed by atoms with E-state index in [1.54, 1.807) is 12.4 Å². The van der Waals surface area contributed by atoms with Crippen molar-refractivity contribution in [2.75, 3.05) is 24.6 Å². The number of nitrogens with zero attached hydrogens (tertiary/aromatic N) is 3. The number of aryl methyl sites for hydroxylation is 1. The number of aliphatic hydroxyl groups excluding tert-OH is 1. The Hall–Kier alpha value is -2.47. The maximum absolute atomic E-state index is 12.6. The molecule has 2 aromatic rings. The van der Waals surface area contributed by atoms with E-state index in [0.717, 1.165) is 37.1 Å². The zero-order valence-electron chi connectivity index (χ0n) is 15.1. The molecule has 3 heterocycles. The number of aliphatic hydroxyl groups is 1. The van der Waals surface area contributed by atoms with Crippen molar-refractivity contribution in [3.63, 3.8) is 0 Å². The molecule has 1 aliphatic heterocycles. The Morgan fingerprint density at radius 3 is 2.58 bits per heavy atom. The fourth-order valence-electron chi connectivity index (χ4n) is 3.49. The molecule has 1 saturated heterocycles. The van der Waals surface area contributed by atoms with E-state index in [1.165, 1.54) is 5.69 Å². The Labute approximate surface area is 154 Å². The Morgan fingerprint density at radius 2 is 1.92 bits per heavy atom. The number of nitrogens with one attached hydrogen (secondary N) is 1. The molecule has 1 atom stereocenters. The van der Waals surface area contributed by atoms with Gasteiger partial charge in [-0.1, -0.05) is 0 Å². The van der Waals surface area contributed by atoms with Crippen molar-refractivity contribution in [1.29, 1.82) is 0 Å². The van der Waals surface area contributed by atoms with Crippen LogP contribution in [0.4, 0.5) is 5.69 Å². The molecule has 1 fully saturated rings. The second-order valence-electron chi connectivity index (χ2n) is 6.87. The Kier molecular flexibility index (Phi) is 6.17. The van der Waals surface area contributed by atoms with Gasteiger partial charge in [0.05, 0.1) is 12.6 Å². The van der Waals surface area contributed by atoms with Gasteiger partial charge in [-0.15, -0.1) is 0 Å². The second-order valence-corrected chi connectivity index (χ2v) is 6.87. The van der Waals surface area contributed by atoms with Gasteiger partial charge in [0.1, 0.15) is 0 Å². The molecular weight excluding hydrogens is 328 g/mol. The Morgan fingerprint density at radius 1 is 1.23 bits per heavy atom. The first kappa shape index (κ1) is 18.3. The van der Waals surface area contributed by atoms with Gasteiger partial charge in [0, 0.05) is 49.5 Å². The summed E-state index contributed by atoms with van der Waals surface area (Å²) in [6, 6.07) is 5.59. The fourth-order valence-corrected chi connectivity index (χ4v) is 3.49. The summed E-state index contributed by atoms with van der Waals surface area (Å²) in [4.78, 5) is 23.1. The number of aromatic nitrogens is 2. The highest BCUT2D eigenvalue weighted by atomic mass is 16.3. The number of rotatable bonds is 6. The average molecular weight is 354 g/mol. The average Bonchev–Trinajstić information content (AvgIpc) is 2.69. The van der Waals surface area contributed by atoms with Crippen molar-refractivity contribution in [3.05, 3.63) is 54.1 Å². The lowest BCUT2D eigenvalue weighted by Gasteiger charge is -2.34. The molecule has 2 aromatic heterocycles. The number of piperidine rings is 1. The largest absolute Gasteiger partial charge is 0.394 e. The van der Waals surface area contributed by atoms with Crippen molar-refractivity contribution in [1.82, 2.24) is 15.3 Å². The maximum atomic E-state index is 12.6. The first-order valence-electron chi connectivity index (χ1n) is 9.13. The SMILES string of the molecule is Cc1cnccc1N1CCC(C(=O)NC(CO)Cc2ccncc2)CC1. The first-order valence-corrected chi connectivity index (χ1v) is 9.13. The molecule has 0 aromatic carbocycles. The summed E-state index contributed by atoms with van der Waals surface area (Å²) >= 11 is 0. The molecule has 138 valence electrons. The second kappa shape index (κ2) is 8.76. The lowest BCUT2D eigenvalue weighted by molar-refractivity contribution is -0.126. The van der Waals surface area contributed by atoms with E-state index in [9.17, 15) is 9.90 Å². The number of anilines is 1. The van der Waals surface area contributed by atoms with Crippen LogP contribution >= 0.6 is 0 Å². The highest BCUT2D eigenvalue weighted by Crippen LogP contribution is 2.25. The number of hydrogen-bond acceptors (Lipinski definition) is 5. The number of amides is 1. The van der Waals surface area contributed by atoms with Crippen LogP contribution in [0.2, 0.25) is 0 Å².